The van der Waals surface area contributed by atoms with Crippen LogP contribution in [0.1, 0.15) is 18.5 Å². The van der Waals surface area contributed by atoms with E-state index in [1.165, 1.54) is 24.6 Å². The zero-order valence-electron chi connectivity index (χ0n) is 11.5. The van der Waals surface area contributed by atoms with Crippen molar-refractivity contribution in [3.8, 4) is 6.07 Å². The van der Waals surface area contributed by atoms with Crippen molar-refractivity contribution < 1.29 is 0 Å². The van der Waals surface area contributed by atoms with Gasteiger partial charge in [0.05, 0.1) is 0 Å². The van der Waals surface area contributed by atoms with Crippen LogP contribution in [-0.2, 0) is 0 Å². The molecule has 3 rings (SSSR count). The number of piperidine rings is 1. The molecule has 0 atom stereocenters. The second kappa shape index (κ2) is 6.42. The SMILES string of the molecule is N#Cc1nccnc1N1CCC(N2CCSCC2)CC1. The predicted octanol–water partition coefficient (Wildman–Crippen LogP) is 1.37. The van der Waals surface area contributed by atoms with Gasteiger partial charge in [0.15, 0.2) is 11.5 Å². The van der Waals surface area contributed by atoms with Crippen LogP contribution in [0.2, 0.25) is 0 Å². The van der Waals surface area contributed by atoms with Crippen LogP contribution in [0.5, 0.6) is 0 Å². The van der Waals surface area contributed by atoms with Gasteiger partial charge in [0, 0.05) is 56.1 Å². The lowest BCUT2D eigenvalue weighted by Gasteiger charge is -2.40. The lowest BCUT2D eigenvalue weighted by atomic mass is 10.0. The van der Waals surface area contributed by atoms with Crippen LogP contribution in [0.4, 0.5) is 5.82 Å². The lowest BCUT2D eigenvalue weighted by molar-refractivity contribution is 0.185. The maximum Gasteiger partial charge on any atom is 0.183 e. The van der Waals surface area contributed by atoms with Crippen LogP contribution in [0, 0.1) is 11.3 Å². The molecule has 0 radical (unpaired) electrons. The largest absolute Gasteiger partial charge is 0.354 e. The molecule has 0 aliphatic carbocycles. The molecule has 2 aliphatic rings. The summed E-state index contributed by atoms with van der Waals surface area (Å²) in [6, 6.07) is 2.84. The summed E-state index contributed by atoms with van der Waals surface area (Å²) >= 11 is 2.06. The highest BCUT2D eigenvalue weighted by Crippen LogP contribution is 2.24. The quantitative estimate of drug-likeness (QED) is 0.819. The van der Waals surface area contributed by atoms with Crippen molar-refractivity contribution in [2.24, 2.45) is 0 Å². The number of nitrogens with zero attached hydrogens (tertiary/aromatic N) is 5. The standard InChI is InChI=1S/C14H19N5S/c15-11-13-14(17-4-3-16-13)19-5-1-12(2-6-19)18-7-9-20-10-8-18/h3-4,12H,1-2,5-10H2. The third kappa shape index (κ3) is 2.89. The van der Waals surface area contributed by atoms with Crippen molar-refractivity contribution in [3.05, 3.63) is 18.1 Å². The fourth-order valence-corrected chi connectivity index (χ4v) is 3.96. The monoisotopic (exact) mass is 289 g/mol. The average molecular weight is 289 g/mol. The molecule has 6 heteroatoms. The van der Waals surface area contributed by atoms with Crippen LogP contribution < -0.4 is 4.90 Å². The van der Waals surface area contributed by atoms with E-state index >= 15 is 0 Å². The summed E-state index contributed by atoms with van der Waals surface area (Å²) < 4.78 is 0. The molecule has 20 heavy (non-hydrogen) atoms. The number of thioether (sulfide) groups is 1. The van der Waals surface area contributed by atoms with E-state index in [1.54, 1.807) is 12.4 Å². The third-order valence-electron chi connectivity index (χ3n) is 4.11. The molecule has 0 bridgehead atoms. The molecule has 0 saturated carbocycles. The number of anilines is 1. The zero-order valence-corrected chi connectivity index (χ0v) is 12.3. The van der Waals surface area contributed by atoms with Crippen molar-refractivity contribution in [1.29, 1.82) is 5.26 Å². The number of nitriles is 1. The molecule has 0 N–H and O–H groups in total. The first-order valence-corrected chi connectivity index (χ1v) is 8.32. The number of hydrogen-bond acceptors (Lipinski definition) is 6. The molecular weight excluding hydrogens is 270 g/mol. The molecule has 1 aromatic rings. The molecule has 0 aromatic carbocycles. The predicted molar refractivity (Wildman–Crippen MR) is 80.9 cm³/mol. The summed E-state index contributed by atoms with van der Waals surface area (Å²) in [5.41, 5.74) is 0.445. The van der Waals surface area contributed by atoms with Gasteiger partial charge in [-0.1, -0.05) is 0 Å². The van der Waals surface area contributed by atoms with Crippen LogP contribution in [-0.4, -0.2) is 58.6 Å². The molecule has 0 spiro atoms. The molecule has 2 aliphatic heterocycles. The second-order valence-corrected chi connectivity index (χ2v) is 6.43. The van der Waals surface area contributed by atoms with Crippen molar-refractivity contribution >= 4 is 17.6 Å². The van der Waals surface area contributed by atoms with E-state index in [4.69, 9.17) is 5.26 Å². The minimum atomic E-state index is 0.445. The Hall–Kier alpha value is -1.32. The normalized spacial score (nSPS) is 21.6. The minimum Gasteiger partial charge on any atom is -0.354 e. The molecule has 0 unspecified atom stereocenters. The third-order valence-corrected chi connectivity index (χ3v) is 5.05. The van der Waals surface area contributed by atoms with Gasteiger partial charge in [-0.05, 0) is 12.8 Å². The smallest absolute Gasteiger partial charge is 0.183 e. The van der Waals surface area contributed by atoms with E-state index < -0.39 is 0 Å². The van der Waals surface area contributed by atoms with Gasteiger partial charge in [0.25, 0.3) is 0 Å². The first kappa shape index (κ1) is 13.7. The van der Waals surface area contributed by atoms with Gasteiger partial charge in [0.2, 0.25) is 0 Å². The van der Waals surface area contributed by atoms with Crippen molar-refractivity contribution in [1.82, 2.24) is 14.9 Å². The van der Waals surface area contributed by atoms with Crippen molar-refractivity contribution in [3.63, 3.8) is 0 Å². The maximum absolute atomic E-state index is 9.12. The van der Waals surface area contributed by atoms with E-state index in [0.717, 1.165) is 31.7 Å². The Kier molecular flexibility index (Phi) is 4.38. The minimum absolute atomic E-state index is 0.445. The molecule has 2 fully saturated rings. The molecule has 0 amide bonds. The molecule has 2 saturated heterocycles. The molecule has 5 nitrogen and oxygen atoms in total. The van der Waals surface area contributed by atoms with E-state index in [0.29, 0.717) is 11.7 Å². The van der Waals surface area contributed by atoms with E-state index in [2.05, 4.69) is 37.6 Å². The van der Waals surface area contributed by atoms with Gasteiger partial charge in [-0.3, -0.25) is 4.90 Å². The first-order chi connectivity index (χ1) is 9.88. The van der Waals surface area contributed by atoms with Crippen LogP contribution in [0.3, 0.4) is 0 Å². The summed E-state index contributed by atoms with van der Waals surface area (Å²) in [6.07, 6.45) is 5.57. The molecule has 1 aromatic heterocycles. The first-order valence-electron chi connectivity index (χ1n) is 7.16. The van der Waals surface area contributed by atoms with E-state index in [1.807, 2.05) is 0 Å². The van der Waals surface area contributed by atoms with Crippen LogP contribution >= 0.6 is 11.8 Å². The van der Waals surface area contributed by atoms with Crippen molar-refractivity contribution in [2.45, 2.75) is 18.9 Å². The van der Waals surface area contributed by atoms with Gasteiger partial charge in [-0.2, -0.15) is 17.0 Å². The van der Waals surface area contributed by atoms with Crippen LogP contribution in [0.15, 0.2) is 12.4 Å². The Labute approximate surface area is 124 Å². The van der Waals surface area contributed by atoms with Gasteiger partial charge < -0.3 is 4.90 Å². The lowest BCUT2D eigenvalue weighted by Crippen LogP contribution is -2.48. The van der Waals surface area contributed by atoms with Gasteiger partial charge in [-0.15, -0.1) is 0 Å². The average Bonchev–Trinajstić information content (AvgIpc) is 2.56. The topological polar surface area (TPSA) is 56.1 Å². The Bertz CT molecular complexity index is 487. The summed E-state index contributed by atoms with van der Waals surface area (Å²) in [5, 5.41) is 9.12. The highest BCUT2D eigenvalue weighted by atomic mass is 32.2. The fourth-order valence-electron chi connectivity index (χ4n) is 3.03. The highest BCUT2D eigenvalue weighted by molar-refractivity contribution is 7.99. The van der Waals surface area contributed by atoms with Gasteiger partial charge >= 0.3 is 0 Å². The number of hydrogen-bond donors (Lipinski definition) is 0. The van der Waals surface area contributed by atoms with E-state index in [-0.39, 0.29) is 0 Å². The maximum atomic E-state index is 9.12. The summed E-state index contributed by atoms with van der Waals surface area (Å²) in [4.78, 5) is 13.3. The Balaban J connectivity index is 1.62. The fraction of sp³-hybridized carbons (Fsp3) is 0.643. The Morgan fingerprint density at radius 2 is 1.80 bits per heavy atom. The van der Waals surface area contributed by atoms with Gasteiger partial charge in [0.1, 0.15) is 6.07 Å². The summed E-state index contributed by atoms with van der Waals surface area (Å²) in [5.74, 6) is 3.29. The molecule has 106 valence electrons. The van der Waals surface area contributed by atoms with Gasteiger partial charge in [-0.25, -0.2) is 9.97 Å². The van der Waals surface area contributed by atoms with E-state index in [9.17, 15) is 0 Å². The van der Waals surface area contributed by atoms with Crippen molar-refractivity contribution in [2.75, 3.05) is 42.6 Å². The Morgan fingerprint density at radius 3 is 2.50 bits per heavy atom. The molecular formula is C14H19N5S. The highest BCUT2D eigenvalue weighted by Gasteiger charge is 2.27. The summed E-state index contributed by atoms with van der Waals surface area (Å²) in [6.45, 7) is 4.40. The van der Waals surface area contributed by atoms with Crippen LogP contribution in [0.25, 0.3) is 0 Å². The Morgan fingerprint density at radius 1 is 1.10 bits per heavy atom. The number of aromatic nitrogens is 2. The summed E-state index contributed by atoms with van der Waals surface area (Å²) in [7, 11) is 0. The number of rotatable bonds is 2. The zero-order chi connectivity index (χ0) is 13.8. The molecule has 3 heterocycles. The second-order valence-electron chi connectivity index (χ2n) is 5.21.